The van der Waals surface area contributed by atoms with Crippen LogP contribution in [0.15, 0.2) is 42.5 Å². The van der Waals surface area contributed by atoms with E-state index in [2.05, 4.69) is 10.2 Å². The van der Waals surface area contributed by atoms with Gasteiger partial charge in [-0.15, -0.1) is 0 Å². The summed E-state index contributed by atoms with van der Waals surface area (Å²) in [6, 6.07) is 11.1. The fourth-order valence-corrected chi connectivity index (χ4v) is 5.61. The molecular formula is C29H35BN4O7. The van der Waals surface area contributed by atoms with Crippen molar-refractivity contribution in [2.45, 2.75) is 38.5 Å². The first-order chi connectivity index (χ1) is 19.8. The van der Waals surface area contributed by atoms with Gasteiger partial charge in [-0.1, -0.05) is 30.3 Å². The van der Waals surface area contributed by atoms with Gasteiger partial charge in [0.1, 0.15) is 11.8 Å². The molecular weight excluding hydrogens is 527 g/mol. The van der Waals surface area contributed by atoms with Crippen molar-refractivity contribution in [3.8, 4) is 5.75 Å². The van der Waals surface area contributed by atoms with Crippen molar-refractivity contribution in [3.05, 3.63) is 59.2 Å². The zero-order chi connectivity index (χ0) is 29.1. The second kappa shape index (κ2) is 12.3. The number of benzene rings is 2. The number of hydrogen-bond donors (Lipinski definition) is 2. The lowest BCUT2D eigenvalue weighted by Gasteiger charge is -2.33. The van der Waals surface area contributed by atoms with Gasteiger partial charge in [-0.05, 0) is 49.1 Å². The number of ketones is 1. The van der Waals surface area contributed by atoms with Gasteiger partial charge in [0.15, 0.2) is 5.78 Å². The molecule has 2 saturated heterocycles. The molecule has 5 rings (SSSR count). The number of carbonyl (C=O) groups excluding carboxylic acids is 4. The number of amides is 4. The summed E-state index contributed by atoms with van der Waals surface area (Å²) in [6.45, 7) is 7.05. The monoisotopic (exact) mass is 562 g/mol. The SMILES string of the molecule is CCN1CCN(C(=O)NC(C(=O)C[C@H]2Cc3cccc(C)c3OB2O)c2ccc(N3CCOCC3)cc2)C(=O)C1=O. The van der Waals surface area contributed by atoms with Crippen molar-refractivity contribution in [3.63, 3.8) is 0 Å². The molecule has 4 amide bonds. The number of nitrogens with one attached hydrogen (secondary N) is 1. The van der Waals surface area contributed by atoms with Gasteiger partial charge in [-0.3, -0.25) is 19.3 Å². The number of para-hydroxylation sites is 1. The molecule has 0 bridgehead atoms. The number of nitrogens with zero attached hydrogens (tertiary/aromatic N) is 3. The summed E-state index contributed by atoms with van der Waals surface area (Å²) in [5.41, 5.74) is 3.31. The number of imide groups is 1. The Balaban J connectivity index is 1.36. The second-order valence-corrected chi connectivity index (χ2v) is 10.6. The first-order valence-corrected chi connectivity index (χ1v) is 14.1. The van der Waals surface area contributed by atoms with Crippen LogP contribution < -0.4 is 14.9 Å². The normalized spacial score (nSPS) is 19.9. The number of aryl methyl sites for hydroxylation is 1. The van der Waals surface area contributed by atoms with E-state index in [1.807, 2.05) is 37.3 Å². The minimum absolute atomic E-state index is 0.0342. The first kappa shape index (κ1) is 28.6. The molecule has 1 unspecified atom stereocenters. The van der Waals surface area contributed by atoms with E-state index in [9.17, 15) is 24.2 Å². The fraction of sp³-hybridized carbons (Fsp3) is 0.448. The van der Waals surface area contributed by atoms with E-state index in [1.54, 1.807) is 19.1 Å². The average Bonchev–Trinajstić information content (AvgIpc) is 2.98. The van der Waals surface area contributed by atoms with Crippen LogP contribution in [0.25, 0.3) is 0 Å². The number of urea groups is 1. The van der Waals surface area contributed by atoms with Gasteiger partial charge in [-0.2, -0.15) is 0 Å². The van der Waals surface area contributed by atoms with E-state index in [-0.39, 0.29) is 25.3 Å². The Labute approximate surface area is 239 Å². The highest BCUT2D eigenvalue weighted by Gasteiger charge is 2.40. The van der Waals surface area contributed by atoms with Crippen LogP contribution in [0, 0.1) is 6.92 Å². The van der Waals surface area contributed by atoms with Crippen LogP contribution in [0.2, 0.25) is 5.82 Å². The Hall–Kier alpha value is -3.90. The summed E-state index contributed by atoms with van der Waals surface area (Å²) >= 11 is 0. The highest BCUT2D eigenvalue weighted by molar-refractivity contribution is 6.46. The predicted molar refractivity (Wildman–Crippen MR) is 152 cm³/mol. The highest BCUT2D eigenvalue weighted by atomic mass is 16.5. The molecule has 2 N–H and O–H groups in total. The molecule has 2 fully saturated rings. The third-order valence-electron chi connectivity index (χ3n) is 8.01. The first-order valence-electron chi connectivity index (χ1n) is 14.1. The Bertz CT molecular complexity index is 1310. The molecule has 3 heterocycles. The van der Waals surface area contributed by atoms with E-state index in [4.69, 9.17) is 9.39 Å². The van der Waals surface area contributed by atoms with Crippen LogP contribution in [-0.4, -0.2) is 91.5 Å². The van der Waals surface area contributed by atoms with Crippen LogP contribution >= 0.6 is 0 Å². The standard InChI is InChI=1S/C29H35BN4O7/c1-3-32-11-12-34(28(37)27(32)36)29(38)31-25(20-7-9-23(10-8-20)33-13-15-40-16-14-33)24(35)18-22-17-21-6-4-5-19(2)26(21)41-30(22)39/h4-10,22,25,39H,3,11-18H2,1-2H3,(H,31,38)/t22-,25?/m1/s1. The molecule has 2 atom stereocenters. The number of likely N-dealkylation sites (N-methyl/N-ethyl adjacent to an activating group) is 1. The van der Waals surface area contributed by atoms with Crippen molar-refractivity contribution in [2.75, 3.05) is 50.8 Å². The molecule has 2 aromatic rings. The summed E-state index contributed by atoms with van der Waals surface area (Å²) in [5.74, 6) is -1.91. The van der Waals surface area contributed by atoms with Crippen LogP contribution in [0.5, 0.6) is 5.75 Å². The zero-order valence-corrected chi connectivity index (χ0v) is 23.4. The Morgan fingerprint density at radius 1 is 1.05 bits per heavy atom. The lowest BCUT2D eigenvalue weighted by atomic mass is 9.64. The van der Waals surface area contributed by atoms with Gasteiger partial charge in [0.25, 0.3) is 0 Å². The number of morpholine rings is 1. The summed E-state index contributed by atoms with van der Waals surface area (Å²) in [6.07, 6.45) is 0.369. The summed E-state index contributed by atoms with van der Waals surface area (Å²) in [7, 11) is -1.19. The molecule has 3 aliphatic heterocycles. The number of fused-ring (bicyclic) bond motifs is 1. The zero-order valence-electron chi connectivity index (χ0n) is 23.4. The molecule has 216 valence electrons. The largest absolute Gasteiger partial charge is 0.536 e. The number of rotatable bonds is 7. The van der Waals surface area contributed by atoms with Crippen molar-refractivity contribution in [1.82, 2.24) is 15.1 Å². The van der Waals surface area contributed by atoms with Gasteiger partial charge in [-0.25, -0.2) is 4.79 Å². The lowest BCUT2D eigenvalue weighted by Crippen LogP contribution is -2.58. The van der Waals surface area contributed by atoms with Crippen LogP contribution in [0.1, 0.15) is 36.1 Å². The predicted octanol–water partition coefficient (Wildman–Crippen LogP) is 1.72. The molecule has 0 aliphatic carbocycles. The van der Waals surface area contributed by atoms with Crippen LogP contribution in [-0.2, 0) is 25.5 Å². The minimum Gasteiger partial charge on any atom is -0.536 e. The maximum atomic E-state index is 13.8. The van der Waals surface area contributed by atoms with Crippen molar-refractivity contribution >= 4 is 36.4 Å². The maximum Gasteiger partial charge on any atom is 0.526 e. The van der Waals surface area contributed by atoms with E-state index >= 15 is 0 Å². The third-order valence-corrected chi connectivity index (χ3v) is 8.01. The molecule has 3 aliphatic rings. The van der Waals surface area contributed by atoms with Gasteiger partial charge >= 0.3 is 25.0 Å². The number of carbonyl (C=O) groups is 4. The van der Waals surface area contributed by atoms with E-state index in [0.29, 0.717) is 37.5 Å². The van der Waals surface area contributed by atoms with E-state index < -0.39 is 36.8 Å². The number of hydrogen-bond acceptors (Lipinski definition) is 8. The second-order valence-electron chi connectivity index (χ2n) is 10.6. The van der Waals surface area contributed by atoms with Crippen molar-refractivity contribution < 1.29 is 33.6 Å². The molecule has 0 aromatic heterocycles. The van der Waals surface area contributed by atoms with E-state index in [1.165, 1.54) is 4.90 Å². The van der Waals surface area contributed by atoms with Crippen LogP contribution in [0.4, 0.5) is 10.5 Å². The maximum absolute atomic E-state index is 13.8. The number of piperazine rings is 1. The fourth-order valence-electron chi connectivity index (χ4n) is 5.61. The lowest BCUT2D eigenvalue weighted by molar-refractivity contribution is -0.153. The quantitative estimate of drug-likeness (QED) is 0.386. The number of Topliss-reactive ketones (excluding diaryl/α,β-unsaturated/α-hetero) is 1. The van der Waals surface area contributed by atoms with Gasteiger partial charge in [0, 0.05) is 50.6 Å². The molecule has 0 saturated carbocycles. The van der Waals surface area contributed by atoms with Crippen molar-refractivity contribution in [1.29, 1.82) is 0 Å². The Morgan fingerprint density at radius 3 is 2.49 bits per heavy atom. The van der Waals surface area contributed by atoms with E-state index in [0.717, 1.165) is 34.8 Å². The molecule has 12 heteroatoms. The Morgan fingerprint density at radius 2 is 1.78 bits per heavy atom. The van der Waals surface area contributed by atoms with Gasteiger partial charge in [0.05, 0.1) is 13.2 Å². The van der Waals surface area contributed by atoms with Crippen molar-refractivity contribution in [2.24, 2.45) is 0 Å². The third kappa shape index (κ3) is 6.08. The number of ether oxygens (including phenoxy) is 1. The molecule has 0 spiro atoms. The van der Waals surface area contributed by atoms with Gasteiger partial charge < -0.3 is 29.5 Å². The highest BCUT2D eigenvalue weighted by Crippen LogP contribution is 2.37. The topological polar surface area (TPSA) is 129 Å². The summed E-state index contributed by atoms with van der Waals surface area (Å²) < 4.78 is 11.2. The molecule has 2 aromatic carbocycles. The van der Waals surface area contributed by atoms with Gasteiger partial charge in [0.2, 0.25) is 0 Å². The minimum atomic E-state index is -1.19. The Kier molecular flexibility index (Phi) is 8.60. The molecule has 41 heavy (non-hydrogen) atoms. The molecule has 11 nitrogen and oxygen atoms in total. The summed E-state index contributed by atoms with van der Waals surface area (Å²) in [4.78, 5) is 56.6. The average molecular weight is 562 g/mol. The van der Waals surface area contributed by atoms with Crippen LogP contribution in [0.3, 0.4) is 0 Å². The molecule has 0 radical (unpaired) electrons. The smallest absolute Gasteiger partial charge is 0.526 e. The number of anilines is 1. The summed E-state index contributed by atoms with van der Waals surface area (Å²) in [5, 5.41) is 13.5.